The van der Waals surface area contributed by atoms with Gasteiger partial charge in [-0.25, -0.2) is 0 Å². The molecule has 4 nitrogen and oxygen atoms in total. The molecule has 7 heteroatoms. The molecule has 0 saturated carbocycles. The van der Waals surface area contributed by atoms with Crippen LogP contribution < -0.4 is 15.8 Å². The highest BCUT2D eigenvalue weighted by atomic mass is 19.4. The number of nitrogens with two attached hydrogens (primary N) is 1. The van der Waals surface area contributed by atoms with Gasteiger partial charge in [-0.15, -0.1) is 0 Å². The fourth-order valence-electron chi connectivity index (χ4n) is 1.13. The first-order valence-electron chi connectivity index (χ1n) is 5.12. The summed E-state index contributed by atoms with van der Waals surface area (Å²) in [5.74, 6) is 0.538. The molecule has 0 atom stereocenters. The van der Waals surface area contributed by atoms with Crippen molar-refractivity contribution in [3.8, 4) is 5.88 Å². The van der Waals surface area contributed by atoms with Crippen molar-refractivity contribution in [3.05, 3.63) is 12.1 Å². The molecule has 1 aromatic heterocycles. The highest BCUT2D eigenvalue weighted by Crippen LogP contribution is 2.22. The molecular weight excluding hydrogens is 235 g/mol. The van der Waals surface area contributed by atoms with E-state index in [9.17, 15) is 13.2 Å². The number of halogens is 3. The zero-order valence-corrected chi connectivity index (χ0v) is 9.34. The lowest BCUT2D eigenvalue weighted by molar-refractivity contribution is -0.131. The van der Waals surface area contributed by atoms with E-state index in [1.807, 2.05) is 0 Å². The Labute approximate surface area is 97.0 Å². The summed E-state index contributed by atoms with van der Waals surface area (Å²) >= 11 is 0. The summed E-state index contributed by atoms with van der Waals surface area (Å²) in [5, 5.41) is 2.56. The molecule has 1 heterocycles. The molecule has 0 fully saturated rings. The Bertz CT molecular complexity index is 368. The molecule has 3 N–H and O–H groups in total. The minimum absolute atomic E-state index is 0.226. The lowest BCUT2D eigenvalue weighted by atomic mass is 10.3. The fourth-order valence-corrected chi connectivity index (χ4v) is 1.13. The van der Waals surface area contributed by atoms with Gasteiger partial charge in [-0.2, -0.15) is 18.2 Å². The third kappa shape index (κ3) is 4.80. The highest BCUT2D eigenvalue weighted by Gasteiger charge is 2.26. The molecule has 1 rings (SSSR count). The van der Waals surface area contributed by atoms with Crippen molar-refractivity contribution in [1.29, 1.82) is 0 Å². The summed E-state index contributed by atoms with van der Waals surface area (Å²) in [5.41, 5.74) is 5.93. The Morgan fingerprint density at radius 2 is 2.12 bits per heavy atom. The average molecular weight is 249 g/mol. The number of hydrogen-bond donors (Lipinski definition) is 2. The van der Waals surface area contributed by atoms with Crippen LogP contribution in [0.3, 0.4) is 0 Å². The third-order valence-corrected chi connectivity index (χ3v) is 1.89. The van der Waals surface area contributed by atoms with Crippen LogP contribution in [-0.4, -0.2) is 24.3 Å². The Balaban J connectivity index is 2.57. The van der Waals surface area contributed by atoms with Crippen molar-refractivity contribution in [2.75, 3.05) is 24.2 Å². The third-order valence-electron chi connectivity index (χ3n) is 1.89. The van der Waals surface area contributed by atoms with Crippen LogP contribution in [0.25, 0.3) is 0 Å². The summed E-state index contributed by atoms with van der Waals surface area (Å²) < 4.78 is 40.9. The van der Waals surface area contributed by atoms with Crippen LogP contribution in [0.15, 0.2) is 12.1 Å². The molecule has 0 unspecified atom stereocenters. The smallest absolute Gasteiger partial charge is 0.390 e. The van der Waals surface area contributed by atoms with E-state index in [1.54, 1.807) is 6.92 Å². The fraction of sp³-hybridized carbons (Fsp3) is 0.500. The van der Waals surface area contributed by atoms with Gasteiger partial charge in [0.05, 0.1) is 18.7 Å². The van der Waals surface area contributed by atoms with E-state index >= 15 is 0 Å². The maximum atomic E-state index is 11.9. The van der Waals surface area contributed by atoms with Crippen LogP contribution in [0, 0.1) is 0 Å². The van der Waals surface area contributed by atoms with Crippen LogP contribution in [0.2, 0.25) is 0 Å². The van der Waals surface area contributed by atoms with Gasteiger partial charge < -0.3 is 15.8 Å². The number of hydrogen-bond acceptors (Lipinski definition) is 4. The number of aromatic nitrogens is 1. The summed E-state index contributed by atoms with van der Waals surface area (Å²) in [6, 6.07) is 3.04. The summed E-state index contributed by atoms with van der Waals surface area (Å²) in [6.07, 6.45) is -5.09. The molecule has 0 aliphatic heterocycles. The first-order valence-corrected chi connectivity index (χ1v) is 5.12. The van der Waals surface area contributed by atoms with E-state index < -0.39 is 12.6 Å². The number of pyridine rings is 1. The second-order valence-corrected chi connectivity index (χ2v) is 3.32. The Morgan fingerprint density at radius 3 is 2.71 bits per heavy atom. The van der Waals surface area contributed by atoms with E-state index in [-0.39, 0.29) is 12.4 Å². The number of anilines is 2. The van der Waals surface area contributed by atoms with Crippen LogP contribution in [0.4, 0.5) is 24.7 Å². The van der Waals surface area contributed by atoms with Crippen LogP contribution >= 0.6 is 0 Å². The molecule has 0 spiro atoms. The summed E-state index contributed by atoms with van der Waals surface area (Å²) in [4.78, 5) is 3.96. The monoisotopic (exact) mass is 249 g/mol. The maximum Gasteiger partial charge on any atom is 0.390 e. The number of nitrogen functional groups attached to an aromatic ring is 1. The maximum absolute atomic E-state index is 11.9. The summed E-state index contributed by atoms with van der Waals surface area (Å²) in [6.45, 7) is 1.93. The van der Waals surface area contributed by atoms with Gasteiger partial charge in [-0.05, 0) is 19.1 Å². The molecule has 0 radical (unpaired) electrons. The van der Waals surface area contributed by atoms with Crippen LogP contribution in [-0.2, 0) is 0 Å². The molecule has 0 amide bonds. The van der Waals surface area contributed by atoms with Crippen LogP contribution in [0.5, 0.6) is 5.88 Å². The van der Waals surface area contributed by atoms with Crippen molar-refractivity contribution in [2.45, 2.75) is 19.5 Å². The van der Waals surface area contributed by atoms with Crippen molar-refractivity contribution < 1.29 is 17.9 Å². The van der Waals surface area contributed by atoms with Gasteiger partial charge in [0.15, 0.2) is 0 Å². The topological polar surface area (TPSA) is 60.2 Å². The number of nitrogens with zero attached hydrogens (tertiary/aromatic N) is 1. The standard InChI is InChI=1S/C10H14F3N3O/c1-2-17-9-7(14)3-4-8(16-9)15-6-5-10(11,12)13/h3-4H,2,5-6,14H2,1H3,(H,15,16). The second-order valence-electron chi connectivity index (χ2n) is 3.32. The summed E-state index contributed by atoms with van der Waals surface area (Å²) in [7, 11) is 0. The number of nitrogens with one attached hydrogen (secondary N) is 1. The zero-order valence-electron chi connectivity index (χ0n) is 9.34. The van der Waals surface area contributed by atoms with E-state index in [0.29, 0.717) is 18.1 Å². The largest absolute Gasteiger partial charge is 0.476 e. The van der Waals surface area contributed by atoms with Gasteiger partial charge in [-0.1, -0.05) is 0 Å². The van der Waals surface area contributed by atoms with E-state index in [4.69, 9.17) is 10.5 Å². The average Bonchev–Trinajstić information content (AvgIpc) is 2.21. The molecule has 0 bridgehead atoms. The highest BCUT2D eigenvalue weighted by molar-refractivity contribution is 5.53. The Hall–Kier alpha value is -1.66. The first kappa shape index (κ1) is 13.4. The Kier molecular flexibility index (Phi) is 4.42. The number of ether oxygens (including phenoxy) is 1. The van der Waals surface area contributed by atoms with Gasteiger partial charge >= 0.3 is 6.18 Å². The van der Waals surface area contributed by atoms with Crippen LogP contribution in [0.1, 0.15) is 13.3 Å². The quantitative estimate of drug-likeness (QED) is 0.841. The predicted molar refractivity (Wildman–Crippen MR) is 59.0 cm³/mol. The molecule has 1 aromatic rings. The van der Waals surface area contributed by atoms with Crippen molar-refractivity contribution in [3.63, 3.8) is 0 Å². The molecule has 0 aliphatic carbocycles. The van der Waals surface area contributed by atoms with E-state index in [0.717, 1.165) is 0 Å². The molecule has 0 aromatic carbocycles. The van der Waals surface area contributed by atoms with E-state index in [2.05, 4.69) is 10.3 Å². The van der Waals surface area contributed by atoms with Crippen molar-refractivity contribution in [2.24, 2.45) is 0 Å². The van der Waals surface area contributed by atoms with Gasteiger partial charge in [-0.3, -0.25) is 0 Å². The normalized spacial score (nSPS) is 11.3. The van der Waals surface area contributed by atoms with Gasteiger partial charge in [0.1, 0.15) is 5.82 Å². The minimum Gasteiger partial charge on any atom is -0.476 e. The zero-order chi connectivity index (χ0) is 12.9. The van der Waals surface area contributed by atoms with E-state index in [1.165, 1.54) is 12.1 Å². The van der Waals surface area contributed by atoms with Gasteiger partial charge in [0.2, 0.25) is 5.88 Å². The molecule has 0 aliphatic rings. The first-order chi connectivity index (χ1) is 7.92. The lowest BCUT2D eigenvalue weighted by Crippen LogP contribution is -2.15. The SMILES string of the molecule is CCOc1nc(NCCC(F)(F)F)ccc1N. The molecule has 0 saturated heterocycles. The minimum atomic E-state index is -4.18. The Morgan fingerprint density at radius 1 is 1.41 bits per heavy atom. The van der Waals surface area contributed by atoms with Crippen molar-refractivity contribution >= 4 is 11.5 Å². The number of rotatable bonds is 5. The molecular formula is C10H14F3N3O. The molecule has 96 valence electrons. The predicted octanol–water partition coefficient (Wildman–Crippen LogP) is 2.43. The number of alkyl halides is 3. The van der Waals surface area contributed by atoms with Gasteiger partial charge in [0, 0.05) is 6.54 Å². The second kappa shape index (κ2) is 5.60. The lowest BCUT2D eigenvalue weighted by Gasteiger charge is -2.10. The van der Waals surface area contributed by atoms with Gasteiger partial charge in [0.25, 0.3) is 0 Å². The molecule has 17 heavy (non-hydrogen) atoms. The van der Waals surface area contributed by atoms with Crippen molar-refractivity contribution in [1.82, 2.24) is 4.98 Å².